The third kappa shape index (κ3) is 4.46. The van der Waals surface area contributed by atoms with Gasteiger partial charge >= 0.3 is 0 Å². The molecule has 2 nitrogen and oxygen atoms in total. The highest BCUT2D eigenvalue weighted by molar-refractivity contribution is 4.87. The highest BCUT2D eigenvalue weighted by atomic mass is 15.2. The zero-order valence-corrected chi connectivity index (χ0v) is 13.3. The minimum Gasteiger partial charge on any atom is -0.314 e. The topological polar surface area (TPSA) is 15.3 Å². The van der Waals surface area contributed by atoms with Gasteiger partial charge in [-0.2, -0.15) is 0 Å². The second-order valence-corrected chi connectivity index (χ2v) is 7.05. The number of nitrogens with one attached hydrogen (secondary N) is 1. The molecule has 1 aliphatic carbocycles. The van der Waals surface area contributed by atoms with Gasteiger partial charge < -0.3 is 10.2 Å². The van der Waals surface area contributed by atoms with Gasteiger partial charge in [-0.25, -0.2) is 0 Å². The lowest BCUT2D eigenvalue weighted by Crippen LogP contribution is -2.45. The molecule has 2 fully saturated rings. The molecular weight excluding hydrogens is 232 g/mol. The third-order valence-corrected chi connectivity index (χ3v) is 5.27. The monoisotopic (exact) mass is 266 g/mol. The summed E-state index contributed by atoms with van der Waals surface area (Å²) in [6.07, 6.45) is 8.50. The fraction of sp³-hybridized carbons (Fsp3) is 1.00. The molecule has 0 aromatic carbocycles. The van der Waals surface area contributed by atoms with E-state index in [1.807, 2.05) is 0 Å². The maximum atomic E-state index is 3.74. The molecule has 2 aliphatic rings. The lowest BCUT2D eigenvalue weighted by Gasteiger charge is -2.37. The Kier molecular flexibility index (Phi) is 6.15. The molecule has 0 spiro atoms. The van der Waals surface area contributed by atoms with Crippen LogP contribution in [0.15, 0.2) is 0 Å². The van der Waals surface area contributed by atoms with Crippen LogP contribution in [0, 0.1) is 17.8 Å². The maximum Gasteiger partial charge on any atom is 0.0108 e. The molecule has 112 valence electrons. The molecule has 0 aromatic rings. The molecule has 1 saturated heterocycles. The van der Waals surface area contributed by atoms with Crippen LogP contribution in [0.3, 0.4) is 0 Å². The van der Waals surface area contributed by atoms with Gasteiger partial charge in [0.15, 0.2) is 0 Å². The minimum absolute atomic E-state index is 0.784. The van der Waals surface area contributed by atoms with Gasteiger partial charge in [0.2, 0.25) is 0 Å². The second-order valence-electron chi connectivity index (χ2n) is 7.05. The van der Waals surface area contributed by atoms with E-state index in [1.165, 1.54) is 58.2 Å². The zero-order valence-electron chi connectivity index (χ0n) is 13.3. The first-order valence-electron chi connectivity index (χ1n) is 8.68. The van der Waals surface area contributed by atoms with Gasteiger partial charge in [-0.1, -0.05) is 27.2 Å². The summed E-state index contributed by atoms with van der Waals surface area (Å²) in [6, 6.07) is 0.784. The van der Waals surface area contributed by atoms with Crippen LogP contribution in [0.4, 0.5) is 0 Å². The van der Waals surface area contributed by atoms with Crippen LogP contribution in [-0.4, -0.2) is 37.1 Å². The highest BCUT2D eigenvalue weighted by Crippen LogP contribution is 2.31. The van der Waals surface area contributed by atoms with E-state index in [4.69, 9.17) is 0 Å². The van der Waals surface area contributed by atoms with Gasteiger partial charge in [-0.15, -0.1) is 0 Å². The summed E-state index contributed by atoms with van der Waals surface area (Å²) in [4.78, 5) is 2.76. The van der Waals surface area contributed by atoms with Crippen molar-refractivity contribution in [2.24, 2.45) is 17.8 Å². The SMILES string of the molecule is CCCC1CCN(CC2CC(C)CCC2NCC)C1. The van der Waals surface area contributed by atoms with Crippen LogP contribution in [0.1, 0.15) is 59.3 Å². The molecule has 4 unspecified atom stereocenters. The molecule has 1 heterocycles. The van der Waals surface area contributed by atoms with Gasteiger partial charge in [0.1, 0.15) is 0 Å². The summed E-state index contributed by atoms with van der Waals surface area (Å²) < 4.78 is 0. The van der Waals surface area contributed by atoms with E-state index in [2.05, 4.69) is 31.0 Å². The van der Waals surface area contributed by atoms with Crippen LogP contribution < -0.4 is 5.32 Å². The zero-order chi connectivity index (χ0) is 13.7. The summed E-state index contributed by atoms with van der Waals surface area (Å²) in [5, 5.41) is 3.74. The summed E-state index contributed by atoms with van der Waals surface area (Å²) in [5.74, 6) is 2.82. The smallest absolute Gasteiger partial charge is 0.0108 e. The molecule has 1 N–H and O–H groups in total. The molecular formula is C17H34N2. The van der Waals surface area contributed by atoms with E-state index in [-0.39, 0.29) is 0 Å². The fourth-order valence-corrected chi connectivity index (χ4v) is 4.29. The molecule has 0 amide bonds. The van der Waals surface area contributed by atoms with Gasteiger partial charge in [0.25, 0.3) is 0 Å². The van der Waals surface area contributed by atoms with Crippen LogP contribution in [0.2, 0.25) is 0 Å². The maximum absolute atomic E-state index is 3.74. The molecule has 2 rings (SSSR count). The van der Waals surface area contributed by atoms with Crippen LogP contribution in [-0.2, 0) is 0 Å². The quantitative estimate of drug-likeness (QED) is 0.791. The van der Waals surface area contributed by atoms with E-state index in [1.54, 1.807) is 0 Å². The van der Waals surface area contributed by atoms with E-state index in [0.29, 0.717) is 0 Å². The molecule has 19 heavy (non-hydrogen) atoms. The second kappa shape index (κ2) is 7.64. The Bertz CT molecular complexity index is 254. The number of hydrogen-bond acceptors (Lipinski definition) is 2. The summed E-state index contributed by atoms with van der Waals surface area (Å²) in [5.41, 5.74) is 0. The van der Waals surface area contributed by atoms with Crippen molar-refractivity contribution >= 4 is 0 Å². The minimum atomic E-state index is 0.784. The lowest BCUT2D eigenvalue weighted by molar-refractivity contribution is 0.158. The fourth-order valence-electron chi connectivity index (χ4n) is 4.29. The largest absolute Gasteiger partial charge is 0.314 e. The summed E-state index contributed by atoms with van der Waals surface area (Å²) in [7, 11) is 0. The van der Waals surface area contributed by atoms with Crippen LogP contribution >= 0.6 is 0 Å². The molecule has 0 bridgehead atoms. The van der Waals surface area contributed by atoms with Crippen molar-refractivity contribution in [2.75, 3.05) is 26.2 Å². The standard InChI is InChI=1S/C17H34N2/c1-4-6-15-9-10-19(12-15)13-16-11-14(3)7-8-17(16)18-5-2/h14-18H,4-13H2,1-3H3. The molecule has 0 aromatic heterocycles. The number of rotatable bonds is 6. The lowest BCUT2D eigenvalue weighted by atomic mass is 9.78. The third-order valence-electron chi connectivity index (χ3n) is 5.27. The number of likely N-dealkylation sites (tertiary alicyclic amines) is 1. The Morgan fingerprint density at radius 3 is 2.74 bits per heavy atom. The van der Waals surface area contributed by atoms with E-state index in [9.17, 15) is 0 Å². The average Bonchev–Trinajstić information content (AvgIpc) is 2.81. The highest BCUT2D eigenvalue weighted by Gasteiger charge is 2.31. The first-order valence-corrected chi connectivity index (χ1v) is 8.68. The Morgan fingerprint density at radius 2 is 2.00 bits per heavy atom. The molecule has 4 atom stereocenters. The summed E-state index contributed by atoms with van der Waals surface area (Å²) >= 11 is 0. The average molecular weight is 266 g/mol. The Labute approximate surface area is 120 Å². The summed E-state index contributed by atoms with van der Waals surface area (Å²) in [6.45, 7) is 12.2. The van der Waals surface area contributed by atoms with Crippen molar-refractivity contribution in [1.82, 2.24) is 10.2 Å². The predicted octanol–water partition coefficient (Wildman–Crippen LogP) is 3.52. The van der Waals surface area contributed by atoms with Gasteiger partial charge in [0, 0.05) is 19.1 Å². The van der Waals surface area contributed by atoms with Crippen LogP contribution in [0.25, 0.3) is 0 Å². The molecule has 0 radical (unpaired) electrons. The van der Waals surface area contributed by atoms with E-state index in [0.717, 1.165) is 30.3 Å². The van der Waals surface area contributed by atoms with Crippen molar-refractivity contribution in [3.63, 3.8) is 0 Å². The Morgan fingerprint density at radius 1 is 1.16 bits per heavy atom. The van der Waals surface area contributed by atoms with Gasteiger partial charge in [-0.3, -0.25) is 0 Å². The Hall–Kier alpha value is -0.0800. The number of nitrogens with zero attached hydrogens (tertiary/aromatic N) is 1. The van der Waals surface area contributed by atoms with Crippen molar-refractivity contribution in [2.45, 2.75) is 65.3 Å². The van der Waals surface area contributed by atoms with Crippen molar-refractivity contribution in [3.05, 3.63) is 0 Å². The van der Waals surface area contributed by atoms with E-state index < -0.39 is 0 Å². The predicted molar refractivity (Wildman–Crippen MR) is 83.4 cm³/mol. The van der Waals surface area contributed by atoms with Gasteiger partial charge in [-0.05, 0) is 62.9 Å². The van der Waals surface area contributed by atoms with Crippen LogP contribution in [0.5, 0.6) is 0 Å². The first kappa shape index (κ1) is 15.3. The van der Waals surface area contributed by atoms with Crippen molar-refractivity contribution in [1.29, 1.82) is 0 Å². The first-order chi connectivity index (χ1) is 9.22. The normalized spacial score (nSPS) is 36.8. The van der Waals surface area contributed by atoms with E-state index >= 15 is 0 Å². The van der Waals surface area contributed by atoms with Crippen molar-refractivity contribution < 1.29 is 0 Å². The van der Waals surface area contributed by atoms with Gasteiger partial charge in [0.05, 0.1) is 0 Å². The molecule has 1 saturated carbocycles. The molecule has 1 aliphatic heterocycles. The Balaban J connectivity index is 1.81. The number of hydrogen-bond donors (Lipinski definition) is 1. The molecule has 2 heteroatoms. The van der Waals surface area contributed by atoms with Crippen molar-refractivity contribution in [3.8, 4) is 0 Å².